The SMILES string of the molecule is COc1cccc(CCNS(=O)(=O)c2cnc(Cl)nc2)c1. The molecule has 0 aliphatic heterocycles. The van der Waals surface area contributed by atoms with Crippen molar-refractivity contribution in [2.24, 2.45) is 0 Å². The molecule has 1 heterocycles. The molecule has 0 amide bonds. The zero-order valence-electron chi connectivity index (χ0n) is 11.3. The Labute approximate surface area is 128 Å². The third-order valence-corrected chi connectivity index (χ3v) is 4.36. The van der Waals surface area contributed by atoms with Crippen LogP contribution in [-0.4, -0.2) is 32.0 Å². The van der Waals surface area contributed by atoms with Gasteiger partial charge in [0.1, 0.15) is 10.6 Å². The third kappa shape index (κ3) is 4.38. The van der Waals surface area contributed by atoms with Crippen molar-refractivity contribution in [2.75, 3.05) is 13.7 Å². The number of sulfonamides is 1. The molecular weight excluding hydrogens is 314 g/mol. The second-order valence-corrected chi connectivity index (χ2v) is 6.29. The van der Waals surface area contributed by atoms with Gasteiger partial charge >= 0.3 is 0 Å². The van der Waals surface area contributed by atoms with Gasteiger partial charge in [0.25, 0.3) is 0 Å². The highest BCUT2D eigenvalue weighted by Crippen LogP contribution is 2.13. The van der Waals surface area contributed by atoms with Crippen molar-refractivity contribution in [2.45, 2.75) is 11.3 Å². The van der Waals surface area contributed by atoms with Crippen molar-refractivity contribution in [1.29, 1.82) is 0 Å². The van der Waals surface area contributed by atoms with E-state index in [0.29, 0.717) is 6.42 Å². The van der Waals surface area contributed by atoms with Crippen LogP contribution in [0.4, 0.5) is 0 Å². The Morgan fingerprint density at radius 2 is 2.00 bits per heavy atom. The summed E-state index contributed by atoms with van der Waals surface area (Å²) in [4.78, 5) is 7.29. The number of halogens is 1. The summed E-state index contributed by atoms with van der Waals surface area (Å²) in [5.41, 5.74) is 0.976. The quantitative estimate of drug-likeness (QED) is 0.816. The van der Waals surface area contributed by atoms with Crippen LogP contribution in [0.1, 0.15) is 5.56 Å². The molecule has 2 rings (SSSR count). The Kier molecular flexibility index (Phi) is 5.11. The fourth-order valence-electron chi connectivity index (χ4n) is 1.68. The van der Waals surface area contributed by atoms with Crippen LogP contribution in [0.25, 0.3) is 0 Å². The van der Waals surface area contributed by atoms with Gasteiger partial charge in [0.2, 0.25) is 15.3 Å². The predicted octanol–water partition coefficient (Wildman–Crippen LogP) is 1.66. The lowest BCUT2D eigenvalue weighted by molar-refractivity contribution is 0.414. The van der Waals surface area contributed by atoms with Gasteiger partial charge in [-0.05, 0) is 35.7 Å². The molecule has 0 radical (unpaired) electrons. The molecule has 112 valence electrons. The topological polar surface area (TPSA) is 81.2 Å². The normalized spacial score (nSPS) is 11.3. The molecule has 21 heavy (non-hydrogen) atoms. The van der Waals surface area contributed by atoms with Gasteiger partial charge in [0.05, 0.1) is 19.5 Å². The summed E-state index contributed by atoms with van der Waals surface area (Å²) in [5, 5.41) is 0.00494. The first-order chi connectivity index (χ1) is 10.0. The molecule has 0 saturated heterocycles. The molecular formula is C13H14ClN3O3S. The largest absolute Gasteiger partial charge is 0.497 e. The van der Waals surface area contributed by atoms with E-state index in [1.54, 1.807) is 7.11 Å². The highest BCUT2D eigenvalue weighted by atomic mass is 35.5. The minimum Gasteiger partial charge on any atom is -0.497 e. The fraction of sp³-hybridized carbons (Fsp3) is 0.231. The van der Waals surface area contributed by atoms with Crippen molar-refractivity contribution >= 4 is 21.6 Å². The van der Waals surface area contributed by atoms with E-state index in [2.05, 4.69) is 14.7 Å². The van der Waals surface area contributed by atoms with Crippen LogP contribution in [0.5, 0.6) is 5.75 Å². The first-order valence-corrected chi connectivity index (χ1v) is 7.97. The summed E-state index contributed by atoms with van der Waals surface area (Å²) in [6, 6.07) is 7.45. The standard InChI is InChI=1S/C13H14ClN3O3S/c1-20-11-4-2-3-10(7-11)5-6-17-21(18,19)12-8-15-13(14)16-9-12/h2-4,7-9,17H,5-6H2,1H3. The molecule has 0 unspecified atom stereocenters. The van der Waals surface area contributed by atoms with Gasteiger partial charge in [0.15, 0.2) is 0 Å². The zero-order chi connectivity index (χ0) is 15.3. The van der Waals surface area contributed by atoms with Crippen LogP contribution >= 0.6 is 11.6 Å². The van der Waals surface area contributed by atoms with E-state index in [1.165, 1.54) is 12.4 Å². The lowest BCUT2D eigenvalue weighted by Gasteiger charge is -2.07. The number of benzene rings is 1. The maximum atomic E-state index is 12.0. The van der Waals surface area contributed by atoms with Crippen LogP contribution in [-0.2, 0) is 16.4 Å². The van der Waals surface area contributed by atoms with Gasteiger partial charge in [-0.3, -0.25) is 0 Å². The van der Waals surface area contributed by atoms with Gasteiger partial charge < -0.3 is 4.74 Å². The lowest BCUT2D eigenvalue weighted by atomic mass is 10.1. The molecule has 1 N–H and O–H groups in total. The van der Waals surface area contributed by atoms with Crippen molar-refractivity contribution in [3.05, 3.63) is 47.5 Å². The minimum absolute atomic E-state index is 0.00494. The monoisotopic (exact) mass is 327 g/mol. The van der Waals surface area contributed by atoms with E-state index in [4.69, 9.17) is 16.3 Å². The molecule has 2 aromatic rings. The Morgan fingerprint density at radius 1 is 1.29 bits per heavy atom. The molecule has 0 fully saturated rings. The number of nitrogens with zero attached hydrogens (tertiary/aromatic N) is 2. The van der Waals surface area contributed by atoms with Crippen molar-refractivity contribution in [3.63, 3.8) is 0 Å². The van der Waals surface area contributed by atoms with E-state index >= 15 is 0 Å². The average Bonchev–Trinajstić information content (AvgIpc) is 2.48. The first kappa shape index (κ1) is 15.7. The van der Waals surface area contributed by atoms with Gasteiger partial charge in [0, 0.05) is 6.54 Å². The first-order valence-electron chi connectivity index (χ1n) is 6.11. The molecule has 0 spiro atoms. The van der Waals surface area contributed by atoms with E-state index in [9.17, 15) is 8.42 Å². The predicted molar refractivity (Wildman–Crippen MR) is 78.9 cm³/mol. The highest BCUT2D eigenvalue weighted by Gasteiger charge is 2.14. The highest BCUT2D eigenvalue weighted by molar-refractivity contribution is 7.89. The number of rotatable bonds is 6. The van der Waals surface area contributed by atoms with Crippen molar-refractivity contribution in [3.8, 4) is 5.75 Å². The van der Waals surface area contributed by atoms with Crippen LogP contribution in [0.3, 0.4) is 0 Å². The molecule has 0 aliphatic carbocycles. The van der Waals surface area contributed by atoms with Crippen LogP contribution < -0.4 is 9.46 Å². The molecule has 8 heteroatoms. The Morgan fingerprint density at radius 3 is 2.67 bits per heavy atom. The Balaban J connectivity index is 1.97. The summed E-state index contributed by atoms with van der Waals surface area (Å²) in [6.45, 7) is 0.262. The summed E-state index contributed by atoms with van der Waals surface area (Å²) in [7, 11) is -2.04. The zero-order valence-corrected chi connectivity index (χ0v) is 12.9. The minimum atomic E-state index is -3.63. The van der Waals surface area contributed by atoms with E-state index < -0.39 is 10.0 Å². The number of hydrogen-bond acceptors (Lipinski definition) is 5. The second-order valence-electron chi connectivity index (χ2n) is 4.19. The van der Waals surface area contributed by atoms with E-state index in [1.807, 2.05) is 24.3 Å². The molecule has 0 atom stereocenters. The maximum absolute atomic E-state index is 12.0. The second kappa shape index (κ2) is 6.84. The summed E-state index contributed by atoms with van der Waals surface area (Å²) in [5.74, 6) is 0.737. The number of aromatic nitrogens is 2. The summed E-state index contributed by atoms with van der Waals surface area (Å²) >= 11 is 5.53. The molecule has 0 aliphatic rings. The van der Waals surface area contributed by atoms with Crippen LogP contribution in [0.15, 0.2) is 41.6 Å². The number of nitrogens with one attached hydrogen (secondary N) is 1. The number of hydrogen-bond donors (Lipinski definition) is 1. The van der Waals surface area contributed by atoms with E-state index in [0.717, 1.165) is 11.3 Å². The van der Waals surface area contributed by atoms with Gasteiger partial charge in [-0.1, -0.05) is 12.1 Å². The summed E-state index contributed by atoms with van der Waals surface area (Å²) in [6.07, 6.45) is 2.89. The Hall–Kier alpha value is -1.70. The molecule has 1 aromatic heterocycles. The molecule has 0 bridgehead atoms. The fourth-order valence-corrected chi connectivity index (χ4v) is 2.70. The summed E-state index contributed by atoms with van der Waals surface area (Å²) < 4.78 is 31.6. The van der Waals surface area contributed by atoms with Gasteiger partial charge in [-0.25, -0.2) is 23.1 Å². The Bertz CT molecular complexity index is 705. The van der Waals surface area contributed by atoms with Gasteiger partial charge in [-0.2, -0.15) is 0 Å². The number of ether oxygens (including phenoxy) is 1. The lowest BCUT2D eigenvalue weighted by Crippen LogP contribution is -2.26. The van der Waals surface area contributed by atoms with Crippen LogP contribution in [0, 0.1) is 0 Å². The van der Waals surface area contributed by atoms with Crippen molar-refractivity contribution in [1.82, 2.24) is 14.7 Å². The molecule has 6 nitrogen and oxygen atoms in total. The van der Waals surface area contributed by atoms with E-state index in [-0.39, 0.29) is 16.7 Å². The number of methoxy groups -OCH3 is 1. The molecule has 1 aromatic carbocycles. The average molecular weight is 328 g/mol. The van der Waals surface area contributed by atoms with Gasteiger partial charge in [-0.15, -0.1) is 0 Å². The molecule has 0 saturated carbocycles. The maximum Gasteiger partial charge on any atom is 0.243 e. The van der Waals surface area contributed by atoms with Crippen LogP contribution in [0.2, 0.25) is 5.28 Å². The van der Waals surface area contributed by atoms with Crippen molar-refractivity contribution < 1.29 is 13.2 Å². The smallest absolute Gasteiger partial charge is 0.243 e. The third-order valence-electron chi connectivity index (χ3n) is 2.75.